The first-order valence-corrected chi connectivity index (χ1v) is 4.54. The van der Waals surface area contributed by atoms with Crippen LogP contribution in [0.5, 0.6) is 0 Å². The molecule has 0 bridgehead atoms. The zero-order valence-electron chi connectivity index (χ0n) is 8.10. The molecule has 0 aliphatic heterocycles. The van der Waals surface area contributed by atoms with E-state index >= 15 is 0 Å². The lowest BCUT2D eigenvalue weighted by atomic mass is 10.1. The Hall–Kier alpha value is -1.64. The molecule has 3 heteroatoms. The van der Waals surface area contributed by atoms with Crippen LogP contribution in [0.2, 0.25) is 0 Å². The Kier molecular flexibility index (Phi) is 3.85. The normalized spacial score (nSPS) is 11.4. The van der Waals surface area contributed by atoms with Crippen LogP contribution in [0.15, 0.2) is 35.3 Å². The van der Waals surface area contributed by atoms with E-state index in [2.05, 4.69) is 4.99 Å². The molecule has 74 valence electrons. The Morgan fingerprint density at radius 1 is 1.36 bits per heavy atom. The monoisotopic (exact) mass is 191 g/mol. The van der Waals surface area contributed by atoms with E-state index < -0.39 is 5.97 Å². The molecule has 14 heavy (non-hydrogen) atoms. The van der Waals surface area contributed by atoms with Gasteiger partial charge in [0.1, 0.15) is 5.71 Å². The Morgan fingerprint density at radius 2 is 2.00 bits per heavy atom. The zero-order chi connectivity index (χ0) is 10.4. The SMILES string of the molecule is CCN=C(Cc1ccccc1)C(=O)O. The highest BCUT2D eigenvalue weighted by molar-refractivity contribution is 6.36. The van der Waals surface area contributed by atoms with Crippen molar-refractivity contribution in [2.75, 3.05) is 6.54 Å². The lowest BCUT2D eigenvalue weighted by molar-refractivity contribution is -0.129. The maximum atomic E-state index is 10.8. The summed E-state index contributed by atoms with van der Waals surface area (Å²) in [5.41, 5.74) is 1.20. The summed E-state index contributed by atoms with van der Waals surface area (Å²) in [7, 11) is 0. The minimum Gasteiger partial charge on any atom is -0.477 e. The molecule has 1 aromatic carbocycles. The summed E-state index contributed by atoms with van der Waals surface area (Å²) in [5, 5.41) is 8.83. The van der Waals surface area contributed by atoms with Gasteiger partial charge < -0.3 is 5.11 Å². The van der Waals surface area contributed by atoms with E-state index in [1.165, 1.54) is 0 Å². The van der Waals surface area contributed by atoms with Gasteiger partial charge >= 0.3 is 5.97 Å². The topological polar surface area (TPSA) is 49.7 Å². The molecule has 0 radical (unpaired) electrons. The van der Waals surface area contributed by atoms with Crippen LogP contribution in [-0.2, 0) is 11.2 Å². The second-order valence-corrected chi connectivity index (χ2v) is 2.89. The number of carbonyl (C=O) groups is 1. The predicted octanol–water partition coefficient (Wildman–Crippen LogP) is 1.77. The van der Waals surface area contributed by atoms with Crippen LogP contribution in [0.4, 0.5) is 0 Å². The highest BCUT2D eigenvalue weighted by Gasteiger charge is 2.08. The maximum Gasteiger partial charge on any atom is 0.350 e. The molecule has 0 heterocycles. The van der Waals surface area contributed by atoms with Crippen LogP contribution in [0.3, 0.4) is 0 Å². The molecule has 3 nitrogen and oxygen atoms in total. The highest BCUT2D eigenvalue weighted by atomic mass is 16.4. The Balaban J connectivity index is 2.76. The molecule has 0 atom stereocenters. The smallest absolute Gasteiger partial charge is 0.350 e. The third-order valence-electron chi connectivity index (χ3n) is 1.81. The second kappa shape index (κ2) is 5.17. The number of hydrogen-bond acceptors (Lipinski definition) is 2. The summed E-state index contributed by atoms with van der Waals surface area (Å²) in [6.45, 7) is 2.34. The van der Waals surface area contributed by atoms with Gasteiger partial charge in [0.15, 0.2) is 0 Å². The molecule has 0 saturated heterocycles. The van der Waals surface area contributed by atoms with Gasteiger partial charge in [0.05, 0.1) is 0 Å². The van der Waals surface area contributed by atoms with Crippen LogP contribution >= 0.6 is 0 Å². The van der Waals surface area contributed by atoms with Crippen molar-refractivity contribution in [3.8, 4) is 0 Å². The van der Waals surface area contributed by atoms with Gasteiger partial charge in [-0.2, -0.15) is 0 Å². The number of hydrogen-bond donors (Lipinski definition) is 1. The molecule has 0 aliphatic rings. The minimum atomic E-state index is -0.935. The summed E-state index contributed by atoms with van der Waals surface area (Å²) in [4.78, 5) is 14.7. The molecular formula is C11H13NO2. The largest absolute Gasteiger partial charge is 0.477 e. The summed E-state index contributed by atoms with van der Waals surface area (Å²) in [6.07, 6.45) is 0.393. The van der Waals surface area contributed by atoms with Crippen molar-refractivity contribution in [3.63, 3.8) is 0 Å². The van der Waals surface area contributed by atoms with Gasteiger partial charge in [-0.05, 0) is 12.5 Å². The average molecular weight is 191 g/mol. The van der Waals surface area contributed by atoms with Crippen molar-refractivity contribution >= 4 is 11.7 Å². The third kappa shape index (κ3) is 3.01. The number of nitrogens with zero attached hydrogens (tertiary/aromatic N) is 1. The van der Waals surface area contributed by atoms with Crippen molar-refractivity contribution in [2.24, 2.45) is 4.99 Å². The fraction of sp³-hybridized carbons (Fsp3) is 0.273. The van der Waals surface area contributed by atoms with Gasteiger partial charge in [0.25, 0.3) is 0 Å². The lowest BCUT2D eigenvalue weighted by Gasteiger charge is -2.00. The number of rotatable bonds is 4. The molecule has 0 fully saturated rings. The zero-order valence-corrected chi connectivity index (χ0v) is 8.10. The van der Waals surface area contributed by atoms with Gasteiger partial charge in [-0.3, -0.25) is 4.99 Å². The van der Waals surface area contributed by atoms with Crippen molar-refractivity contribution in [1.29, 1.82) is 0 Å². The standard InChI is InChI=1S/C11H13NO2/c1-2-12-10(11(13)14)8-9-6-4-3-5-7-9/h3-7H,2,8H2,1H3,(H,13,14). The molecular weight excluding hydrogens is 178 g/mol. The number of carboxylic acids is 1. The maximum absolute atomic E-state index is 10.8. The van der Waals surface area contributed by atoms with Gasteiger partial charge in [-0.25, -0.2) is 4.79 Å². The van der Waals surface area contributed by atoms with E-state index in [1.807, 2.05) is 37.3 Å². The summed E-state index contributed by atoms with van der Waals surface area (Å²) >= 11 is 0. The van der Waals surface area contributed by atoms with Gasteiger partial charge in [-0.15, -0.1) is 0 Å². The van der Waals surface area contributed by atoms with Gasteiger partial charge in [0.2, 0.25) is 0 Å². The van der Waals surface area contributed by atoms with Gasteiger partial charge in [0, 0.05) is 13.0 Å². The van der Waals surface area contributed by atoms with E-state index in [0.717, 1.165) is 5.56 Å². The number of aliphatic carboxylic acids is 1. The first-order valence-electron chi connectivity index (χ1n) is 4.54. The van der Waals surface area contributed by atoms with Gasteiger partial charge in [-0.1, -0.05) is 30.3 Å². The van der Waals surface area contributed by atoms with Crippen molar-refractivity contribution < 1.29 is 9.90 Å². The molecule has 1 rings (SSSR count). The average Bonchev–Trinajstić information content (AvgIpc) is 2.18. The highest BCUT2D eigenvalue weighted by Crippen LogP contribution is 2.01. The van der Waals surface area contributed by atoms with E-state index in [9.17, 15) is 4.79 Å². The van der Waals surface area contributed by atoms with Crippen LogP contribution in [0.25, 0.3) is 0 Å². The first-order chi connectivity index (χ1) is 6.74. The molecule has 0 aliphatic carbocycles. The molecule has 0 spiro atoms. The van der Waals surface area contributed by atoms with Crippen LogP contribution < -0.4 is 0 Å². The number of carboxylic acid groups (broad SMARTS) is 1. The Bertz CT molecular complexity index is 330. The van der Waals surface area contributed by atoms with E-state index in [1.54, 1.807) is 0 Å². The fourth-order valence-electron chi connectivity index (χ4n) is 1.18. The summed E-state index contributed by atoms with van der Waals surface area (Å²) in [5.74, 6) is -0.935. The molecule has 0 saturated carbocycles. The second-order valence-electron chi connectivity index (χ2n) is 2.89. The molecule has 0 unspecified atom stereocenters. The van der Waals surface area contributed by atoms with E-state index in [0.29, 0.717) is 13.0 Å². The third-order valence-corrected chi connectivity index (χ3v) is 1.81. The quantitative estimate of drug-likeness (QED) is 0.737. The Labute approximate surface area is 83.1 Å². The van der Waals surface area contributed by atoms with Crippen LogP contribution in [0.1, 0.15) is 12.5 Å². The van der Waals surface area contributed by atoms with Crippen molar-refractivity contribution in [1.82, 2.24) is 0 Å². The summed E-state index contributed by atoms with van der Waals surface area (Å²) < 4.78 is 0. The number of benzene rings is 1. The molecule has 1 N–H and O–H groups in total. The summed E-state index contributed by atoms with van der Waals surface area (Å²) in [6, 6.07) is 9.48. The van der Waals surface area contributed by atoms with E-state index in [4.69, 9.17) is 5.11 Å². The predicted molar refractivity (Wildman–Crippen MR) is 55.8 cm³/mol. The van der Waals surface area contributed by atoms with E-state index in [-0.39, 0.29) is 5.71 Å². The molecule has 1 aromatic rings. The molecule has 0 amide bonds. The Morgan fingerprint density at radius 3 is 2.50 bits per heavy atom. The van der Waals surface area contributed by atoms with Crippen molar-refractivity contribution in [2.45, 2.75) is 13.3 Å². The minimum absolute atomic E-state index is 0.221. The number of aliphatic imine (C=N–C) groups is 1. The lowest BCUT2D eigenvalue weighted by Crippen LogP contribution is -2.16. The fourth-order valence-corrected chi connectivity index (χ4v) is 1.18. The van der Waals surface area contributed by atoms with Crippen LogP contribution in [-0.4, -0.2) is 23.3 Å². The first kappa shape index (κ1) is 10.4. The van der Waals surface area contributed by atoms with Crippen molar-refractivity contribution in [3.05, 3.63) is 35.9 Å². The van der Waals surface area contributed by atoms with Crippen LogP contribution in [0, 0.1) is 0 Å². The molecule has 0 aromatic heterocycles.